The van der Waals surface area contributed by atoms with E-state index in [9.17, 15) is 9.59 Å². The third-order valence-electron chi connectivity index (χ3n) is 7.16. The molecule has 0 bridgehead atoms. The molecular formula is C28H27ClN4O2. The quantitative estimate of drug-likeness (QED) is 0.348. The summed E-state index contributed by atoms with van der Waals surface area (Å²) in [4.78, 5) is 32.9. The molecule has 0 radical (unpaired) electrons. The molecule has 7 heteroatoms. The standard InChI is InChI=1S/C28H26N4O2.ClH/c33-27-22-8-2-5-11-25(22)31(26-12-6-3-9-23(26)27)18-17-30-15-13-20(14-16-30)32-19-29-24-10-4-1-7-21(24)28(32)34;/h1-12,19-20H,13-18H2;1H. The topological polar surface area (TPSA) is 60.1 Å². The zero-order valence-electron chi connectivity index (χ0n) is 19.3. The molecule has 0 amide bonds. The van der Waals surface area contributed by atoms with Gasteiger partial charge in [-0.05, 0) is 49.2 Å². The van der Waals surface area contributed by atoms with E-state index >= 15 is 0 Å². The molecule has 6 rings (SSSR count). The van der Waals surface area contributed by atoms with Gasteiger partial charge in [-0.2, -0.15) is 0 Å². The second-order valence-electron chi connectivity index (χ2n) is 9.06. The van der Waals surface area contributed by atoms with Crippen LogP contribution in [0.1, 0.15) is 18.9 Å². The maximum absolute atomic E-state index is 13.0. The molecule has 3 aromatic carbocycles. The van der Waals surface area contributed by atoms with Crippen molar-refractivity contribution in [2.75, 3.05) is 19.6 Å². The molecule has 1 aliphatic heterocycles. The summed E-state index contributed by atoms with van der Waals surface area (Å²) in [5, 5.41) is 2.22. The van der Waals surface area contributed by atoms with E-state index in [1.165, 1.54) is 0 Å². The number of piperidine rings is 1. The van der Waals surface area contributed by atoms with Crippen LogP contribution >= 0.6 is 12.4 Å². The number of pyridine rings is 1. The first-order chi connectivity index (χ1) is 16.7. The van der Waals surface area contributed by atoms with Gasteiger partial charge in [0, 0.05) is 43.0 Å². The summed E-state index contributed by atoms with van der Waals surface area (Å²) in [7, 11) is 0. The molecule has 178 valence electrons. The number of fused-ring (bicyclic) bond motifs is 3. The first-order valence-electron chi connectivity index (χ1n) is 11.9. The van der Waals surface area contributed by atoms with Gasteiger partial charge < -0.3 is 9.47 Å². The Bertz CT molecular complexity index is 1570. The van der Waals surface area contributed by atoms with E-state index in [1.807, 2.05) is 77.4 Å². The number of hydrogen-bond acceptors (Lipinski definition) is 4. The molecule has 0 unspecified atom stereocenters. The molecule has 6 nitrogen and oxygen atoms in total. The average molecular weight is 487 g/mol. The van der Waals surface area contributed by atoms with Gasteiger partial charge in [0.1, 0.15) is 0 Å². The lowest BCUT2D eigenvalue weighted by molar-refractivity contribution is 0.180. The van der Waals surface area contributed by atoms with Crippen LogP contribution in [0.2, 0.25) is 0 Å². The van der Waals surface area contributed by atoms with Gasteiger partial charge in [0.15, 0.2) is 5.43 Å². The first kappa shape index (κ1) is 23.3. The van der Waals surface area contributed by atoms with Gasteiger partial charge in [-0.15, -0.1) is 12.4 Å². The number of hydrogen-bond donors (Lipinski definition) is 0. The van der Waals surface area contributed by atoms with Crippen LogP contribution in [0, 0.1) is 0 Å². The number of benzene rings is 3. The molecular weight excluding hydrogens is 460 g/mol. The van der Waals surface area contributed by atoms with Gasteiger partial charge in [-0.1, -0.05) is 36.4 Å². The van der Waals surface area contributed by atoms with Crippen molar-refractivity contribution in [3.8, 4) is 0 Å². The summed E-state index contributed by atoms with van der Waals surface area (Å²) in [6, 6.07) is 23.5. The van der Waals surface area contributed by atoms with Crippen molar-refractivity contribution < 1.29 is 0 Å². The van der Waals surface area contributed by atoms with Gasteiger partial charge in [-0.3, -0.25) is 14.2 Å². The summed E-state index contributed by atoms with van der Waals surface area (Å²) in [6.07, 6.45) is 3.56. The van der Waals surface area contributed by atoms with Crippen molar-refractivity contribution in [3.05, 3.63) is 99.7 Å². The molecule has 35 heavy (non-hydrogen) atoms. The minimum atomic E-state index is 0. The maximum atomic E-state index is 13.0. The van der Waals surface area contributed by atoms with Gasteiger partial charge in [0.05, 0.1) is 28.3 Å². The highest BCUT2D eigenvalue weighted by atomic mass is 35.5. The van der Waals surface area contributed by atoms with Gasteiger partial charge in [0.2, 0.25) is 0 Å². The maximum Gasteiger partial charge on any atom is 0.261 e. The zero-order valence-corrected chi connectivity index (χ0v) is 20.2. The van der Waals surface area contributed by atoms with E-state index < -0.39 is 0 Å². The van der Waals surface area contributed by atoms with Crippen molar-refractivity contribution in [2.45, 2.75) is 25.4 Å². The number of nitrogens with zero attached hydrogens (tertiary/aromatic N) is 4. The Morgan fingerprint density at radius 1 is 0.743 bits per heavy atom. The van der Waals surface area contributed by atoms with E-state index in [2.05, 4.69) is 14.5 Å². The van der Waals surface area contributed by atoms with E-state index in [0.29, 0.717) is 5.39 Å². The zero-order chi connectivity index (χ0) is 23.1. The van der Waals surface area contributed by atoms with Crippen LogP contribution in [0.3, 0.4) is 0 Å². The van der Waals surface area contributed by atoms with E-state index in [1.54, 1.807) is 6.33 Å². The SMILES string of the molecule is Cl.O=c1c2ccccc2n(CCN2CCC(n3cnc4ccccc4c3=O)CC2)c2ccccc12. The van der Waals surface area contributed by atoms with Crippen molar-refractivity contribution in [3.63, 3.8) is 0 Å². The molecule has 3 heterocycles. The highest BCUT2D eigenvalue weighted by Gasteiger charge is 2.22. The molecule has 0 atom stereocenters. The fourth-order valence-electron chi connectivity index (χ4n) is 5.32. The Morgan fingerprint density at radius 3 is 1.97 bits per heavy atom. The van der Waals surface area contributed by atoms with Gasteiger partial charge >= 0.3 is 0 Å². The van der Waals surface area contributed by atoms with Crippen molar-refractivity contribution in [1.29, 1.82) is 0 Å². The fraction of sp³-hybridized carbons (Fsp3) is 0.250. The monoisotopic (exact) mass is 486 g/mol. The molecule has 1 aliphatic rings. The number of likely N-dealkylation sites (tertiary alicyclic amines) is 1. The van der Waals surface area contributed by atoms with Crippen molar-refractivity contribution in [2.24, 2.45) is 0 Å². The van der Waals surface area contributed by atoms with Crippen LogP contribution in [0.25, 0.3) is 32.7 Å². The molecule has 1 saturated heterocycles. The Kier molecular flexibility index (Phi) is 6.41. The third kappa shape index (κ3) is 4.13. The summed E-state index contributed by atoms with van der Waals surface area (Å²) in [5.74, 6) is 0. The highest BCUT2D eigenvalue weighted by molar-refractivity contribution is 5.93. The number of rotatable bonds is 4. The largest absolute Gasteiger partial charge is 0.339 e. The molecule has 0 saturated carbocycles. The molecule has 2 aromatic heterocycles. The lowest BCUT2D eigenvalue weighted by Crippen LogP contribution is -2.39. The Labute approximate surface area is 208 Å². The third-order valence-corrected chi connectivity index (χ3v) is 7.16. The predicted octanol–water partition coefficient (Wildman–Crippen LogP) is 4.62. The van der Waals surface area contributed by atoms with Crippen LogP contribution in [0.5, 0.6) is 0 Å². The second-order valence-corrected chi connectivity index (χ2v) is 9.06. The van der Waals surface area contributed by atoms with Crippen LogP contribution in [-0.4, -0.2) is 38.7 Å². The number of para-hydroxylation sites is 3. The van der Waals surface area contributed by atoms with E-state index in [-0.39, 0.29) is 29.4 Å². The summed E-state index contributed by atoms with van der Waals surface area (Å²) >= 11 is 0. The normalized spacial score (nSPS) is 15.0. The minimum absolute atomic E-state index is 0. The molecule has 1 fully saturated rings. The van der Waals surface area contributed by atoms with Gasteiger partial charge in [-0.25, -0.2) is 4.98 Å². The van der Waals surface area contributed by atoms with E-state index in [0.717, 1.165) is 66.3 Å². The highest BCUT2D eigenvalue weighted by Crippen LogP contribution is 2.23. The number of aromatic nitrogens is 3. The lowest BCUT2D eigenvalue weighted by atomic mass is 10.0. The van der Waals surface area contributed by atoms with Crippen molar-refractivity contribution >= 4 is 45.1 Å². The Balaban J connectivity index is 0.00000253. The Hall–Kier alpha value is -3.48. The molecule has 5 aromatic rings. The lowest BCUT2D eigenvalue weighted by Gasteiger charge is -2.33. The first-order valence-corrected chi connectivity index (χ1v) is 11.9. The van der Waals surface area contributed by atoms with E-state index in [4.69, 9.17) is 0 Å². The van der Waals surface area contributed by atoms with Gasteiger partial charge in [0.25, 0.3) is 5.56 Å². The van der Waals surface area contributed by atoms with Crippen LogP contribution in [-0.2, 0) is 6.54 Å². The average Bonchev–Trinajstić information content (AvgIpc) is 2.90. The van der Waals surface area contributed by atoms with Crippen LogP contribution in [0.15, 0.2) is 88.7 Å². The van der Waals surface area contributed by atoms with Crippen LogP contribution in [0.4, 0.5) is 0 Å². The summed E-state index contributed by atoms with van der Waals surface area (Å²) in [6.45, 7) is 3.57. The molecule has 0 N–H and O–H groups in total. The van der Waals surface area contributed by atoms with Crippen LogP contribution < -0.4 is 11.0 Å². The smallest absolute Gasteiger partial charge is 0.261 e. The van der Waals surface area contributed by atoms with Crippen molar-refractivity contribution in [1.82, 2.24) is 19.0 Å². The Morgan fingerprint density at radius 2 is 1.31 bits per heavy atom. The fourth-order valence-corrected chi connectivity index (χ4v) is 5.32. The second kappa shape index (κ2) is 9.64. The summed E-state index contributed by atoms with van der Waals surface area (Å²) in [5.41, 5.74) is 2.86. The minimum Gasteiger partial charge on any atom is -0.339 e. The number of halogens is 1. The summed E-state index contributed by atoms with van der Waals surface area (Å²) < 4.78 is 4.10. The predicted molar refractivity (Wildman–Crippen MR) is 144 cm³/mol. The molecule has 0 spiro atoms. The molecule has 0 aliphatic carbocycles.